The minimum atomic E-state index is -0.648. The van der Waals surface area contributed by atoms with Crippen LogP contribution in [0.1, 0.15) is 26.7 Å². The Hall–Kier alpha value is -0.570. The van der Waals surface area contributed by atoms with Crippen LogP contribution in [0.4, 0.5) is 0 Å². The summed E-state index contributed by atoms with van der Waals surface area (Å²) in [6.07, 6.45) is 1.53. The lowest BCUT2D eigenvalue weighted by Gasteiger charge is -2.30. The normalized spacial score (nSPS) is 38.5. The number of carbonyl (C=O) groups is 1. The molecule has 0 spiro atoms. The molecule has 0 amide bonds. The zero-order valence-corrected chi connectivity index (χ0v) is 7.00. The Morgan fingerprint density at radius 1 is 1.36 bits per heavy atom. The Kier molecular flexibility index (Phi) is 2.49. The standard InChI is InChI=1S/C8H15NO2/c1-5-3-7(8(10)11)4-6(2)9-5/h5-7,9H,3-4H2,1-2H3,(H,10,11)/t5-,6-/m1/s1. The maximum absolute atomic E-state index is 10.6. The van der Waals surface area contributed by atoms with Gasteiger partial charge >= 0.3 is 5.97 Å². The second-order valence-electron chi connectivity index (χ2n) is 3.48. The van der Waals surface area contributed by atoms with E-state index >= 15 is 0 Å². The summed E-state index contributed by atoms with van der Waals surface area (Å²) in [5, 5.41) is 12.0. The highest BCUT2D eigenvalue weighted by Gasteiger charge is 2.27. The lowest BCUT2D eigenvalue weighted by atomic mass is 9.89. The lowest BCUT2D eigenvalue weighted by Crippen LogP contribution is -2.44. The van der Waals surface area contributed by atoms with Crippen molar-refractivity contribution in [1.82, 2.24) is 5.32 Å². The van der Waals surface area contributed by atoms with Crippen LogP contribution in [-0.2, 0) is 4.79 Å². The molecule has 2 atom stereocenters. The molecule has 1 saturated heterocycles. The van der Waals surface area contributed by atoms with Crippen LogP contribution in [0, 0.1) is 5.92 Å². The zero-order valence-electron chi connectivity index (χ0n) is 7.00. The highest BCUT2D eigenvalue weighted by molar-refractivity contribution is 5.70. The Morgan fingerprint density at radius 3 is 2.18 bits per heavy atom. The second kappa shape index (κ2) is 3.22. The molecule has 0 radical (unpaired) electrons. The number of nitrogens with one attached hydrogen (secondary N) is 1. The summed E-state index contributed by atoms with van der Waals surface area (Å²) >= 11 is 0. The fraction of sp³-hybridized carbons (Fsp3) is 0.875. The van der Waals surface area contributed by atoms with Gasteiger partial charge in [0.25, 0.3) is 0 Å². The van der Waals surface area contributed by atoms with E-state index in [0.29, 0.717) is 12.1 Å². The highest BCUT2D eigenvalue weighted by Crippen LogP contribution is 2.19. The van der Waals surface area contributed by atoms with Gasteiger partial charge in [-0.25, -0.2) is 0 Å². The molecule has 0 aliphatic carbocycles. The van der Waals surface area contributed by atoms with E-state index in [1.807, 2.05) is 13.8 Å². The largest absolute Gasteiger partial charge is 0.481 e. The van der Waals surface area contributed by atoms with Crippen LogP contribution in [-0.4, -0.2) is 23.2 Å². The summed E-state index contributed by atoms with van der Waals surface area (Å²) in [4.78, 5) is 10.6. The van der Waals surface area contributed by atoms with Gasteiger partial charge in [0.05, 0.1) is 5.92 Å². The number of piperidine rings is 1. The van der Waals surface area contributed by atoms with Gasteiger partial charge < -0.3 is 10.4 Å². The third-order valence-electron chi connectivity index (χ3n) is 2.19. The fourth-order valence-corrected chi connectivity index (χ4v) is 1.77. The van der Waals surface area contributed by atoms with Crippen LogP contribution < -0.4 is 5.32 Å². The average molecular weight is 157 g/mol. The van der Waals surface area contributed by atoms with Gasteiger partial charge in [0.15, 0.2) is 0 Å². The van der Waals surface area contributed by atoms with Gasteiger partial charge in [-0.05, 0) is 26.7 Å². The van der Waals surface area contributed by atoms with Crippen LogP contribution >= 0.6 is 0 Å². The predicted octanol–water partition coefficient (Wildman–Crippen LogP) is 0.848. The quantitative estimate of drug-likeness (QED) is 0.593. The summed E-state index contributed by atoms with van der Waals surface area (Å²) < 4.78 is 0. The molecule has 0 unspecified atom stereocenters. The van der Waals surface area contributed by atoms with Crippen molar-refractivity contribution in [2.45, 2.75) is 38.8 Å². The van der Waals surface area contributed by atoms with E-state index in [9.17, 15) is 4.79 Å². The van der Waals surface area contributed by atoms with E-state index in [1.165, 1.54) is 0 Å². The number of aliphatic carboxylic acids is 1. The van der Waals surface area contributed by atoms with Crippen molar-refractivity contribution in [1.29, 1.82) is 0 Å². The first-order valence-electron chi connectivity index (χ1n) is 4.08. The van der Waals surface area contributed by atoms with Gasteiger partial charge in [-0.3, -0.25) is 4.79 Å². The van der Waals surface area contributed by atoms with Gasteiger partial charge in [-0.15, -0.1) is 0 Å². The van der Waals surface area contributed by atoms with Crippen molar-refractivity contribution in [3.8, 4) is 0 Å². The summed E-state index contributed by atoms with van der Waals surface area (Å²) in [6, 6.07) is 0.694. The van der Waals surface area contributed by atoms with Crippen LogP contribution in [0.2, 0.25) is 0 Å². The summed E-state index contributed by atoms with van der Waals surface area (Å²) in [6.45, 7) is 4.07. The number of hydrogen-bond acceptors (Lipinski definition) is 2. The van der Waals surface area contributed by atoms with Crippen molar-refractivity contribution < 1.29 is 9.90 Å². The number of rotatable bonds is 1. The molecule has 0 saturated carbocycles. The monoisotopic (exact) mass is 157 g/mol. The van der Waals surface area contributed by atoms with Crippen LogP contribution in [0.3, 0.4) is 0 Å². The Labute approximate surface area is 66.8 Å². The minimum Gasteiger partial charge on any atom is -0.481 e. The average Bonchev–Trinajstić information content (AvgIpc) is 1.85. The molecule has 11 heavy (non-hydrogen) atoms. The SMILES string of the molecule is C[C@@H]1CC(C(=O)O)C[C@@H](C)N1. The number of carboxylic acid groups (broad SMARTS) is 1. The molecule has 1 heterocycles. The second-order valence-corrected chi connectivity index (χ2v) is 3.48. The Balaban J connectivity index is 2.49. The molecule has 0 aromatic rings. The van der Waals surface area contributed by atoms with Crippen molar-refractivity contribution in [3.63, 3.8) is 0 Å². The molecule has 2 N–H and O–H groups in total. The molecule has 0 bridgehead atoms. The molecule has 3 heteroatoms. The predicted molar refractivity (Wildman–Crippen MR) is 42.4 cm³/mol. The van der Waals surface area contributed by atoms with Crippen molar-refractivity contribution in [3.05, 3.63) is 0 Å². The minimum absolute atomic E-state index is 0.138. The highest BCUT2D eigenvalue weighted by atomic mass is 16.4. The first-order chi connectivity index (χ1) is 5.09. The van der Waals surface area contributed by atoms with Gasteiger partial charge in [-0.2, -0.15) is 0 Å². The molecule has 1 rings (SSSR count). The first-order valence-corrected chi connectivity index (χ1v) is 4.08. The van der Waals surface area contributed by atoms with Gasteiger partial charge in [0.2, 0.25) is 0 Å². The first kappa shape index (κ1) is 8.53. The summed E-state index contributed by atoms with van der Waals surface area (Å²) in [7, 11) is 0. The van der Waals surface area contributed by atoms with Crippen LogP contribution in [0.5, 0.6) is 0 Å². The zero-order chi connectivity index (χ0) is 8.43. The maximum Gasteiger partial charge on any atom is 0.306 e. The van der Waals surface area contributed by atoms with Crippen molar-refractivity contribution in [2.24, 2.45) is 5.92 Å². The third kappa shape index (κ3) is 2.19. The molecule has 64 valence electrons. The maximum atomic E-state index is 10.6. The fourth-order valence-electron chi connectivity index (χ4n) is 1.77. The molecular weight excluding hydrogens is 142 g/mol. The topological polar surface area (TPSA) is 49.3 Å². The van der Waals surface area contributed by atoms with E-state index in [1.54, 1.807) is 0 Å². The van der Waals surface area contributed by atoms with Crippen LogP contribution in [0.15, 0.2) is 0 Å². The molecule has 1 aliphatic heterocycles. The molecule has 0 aromatic carbocycles. The smallest absolute Gasteiger partial charge is 0.306 e. The number of carboxylic acids is 1. The van der Waals surface area contributed by atoms with Crippen molar-refractivity contribution in [2.75, 3.05) is 0 Å². The van der Waals surface area contributed by atoms with Gasteiger partial charge in [0, 0.05) is 12.1 Å². The lowest BCUT2D eigenvalue weighted by molar-refractivity contribution is -0.143. The van der Waals surface area contributed by atoms with E-state index in [-0.39, 0.29) is 5.92 Å². The number of hydrogen-bond donors (Lipinski definition) is 2. The van der Waals surface area contributed by atoms with Crippen molar-refractivity contribution >= 4 is 5.97 Å². The molecule has 1 fully saturated rings. The summed E-state index contributed by atoms with van der Waals surface area (Å²) in [5.74, 6) is -0.786. The molecular formula is C8H15NO2. The Morgan fingerprint density at radius 2 is 1.82 bits per heavy atom. The molecule has 1 aliphatic rings. The van der Waals surface area contributed by atoms with E-state index in [0.717, 1.165) is 12.8 Å². The van der Waals surface area contributed by atoms with Gasteiger partial charge in [0.1, 0.15) is 0 Å². The van der Waals surface area contributed by atoms with Gasteiger partial charge in [-0.1, -0.05) is 0 Å². The van der Waals surface area contributed by atoms with E-state index < -0.39 is 5.97 Å². The van der Waals surface area contributed by atoms with Crippen LogP contribution in [0.25, 0.3) is 0 Å². The Bertz CT molecular complexity index is 148. The summed E-state index contributed by atoms with van der Waals surface area (Å²) in [5.41, 5.74) is 0. The van der Waals surface area contributed by atoms with E-state index in [2.05, 4.69) is 5.32 Å². The third-order valence-corrected chi connectivity index (χ3v) is 2.19. The molecule has 0 aromatic heterocycles. The molecule has 3 nitrogen and oxygen atoms in total. The van der Waals surface area contributed by atoms with E-state index in [4.69, 9.17) is 5.11 Å².